The number of nitrogens with zero attached hydrogens (tertiary/aromatic N) is 3. The zero-order valence-electron chi connectivity index (χ0n) is 16.2. The smallest absolute Gasteiger partial charge is 0.191 e. The van der Waals surface area contributed by atoms with Crippen LogP contribution in [0.4, 0.5) is 5.82 Å². The number of aryl methyl sites for hydroxylation is 1. The summed E-state index contributed by atoms with van der Waals surface area (Å²) in [6, 6.07) is 12.8. The Morgan fingerprint density at radius 3 is 2.37 bits per heavy atom. The maximum atomic E-state index is 4.68. The largest absolute Gasteiger partial charge is 0.357 e. The predicted molar refractivity (Wildman–Crippen MR) is 124 cm³/mol. The molecule has 1 fully saturated rings. The van der Waals surface area contributed by atoms with Gasteiger partial charge in [-0.25, -0.2) is 9.98 Å². The Labute approximate surface area is 179 Å². The van der Waals surface area contributed by atoms with E-state index >= 15 is 0 Å². The van der Waals surface area contributed by atoms with Gasteiger partial charge in [-0.2, -0.15) is 0 Å². The van der Waals surface area contributed by atoms with Gasteiger partial charge in [-0.1, -0.05) is 35.9 Å². The molecular weight excluding hydrogens is 449 g/mol. The minimum absolute atomic E-state index is 0. The maximum Gasteiger partial charge on any atom is 0.191 e. The minimum atomic E-state index is 0. The molecule has 0 aliphatic carbocycles. The van der Waals surface area contributed by atoms with Crippen LogP contribution >= 0.6 is 24.0 Å². The molecule has 0 spiro atoms. The van der Waals surface area contributed by atoms with Crippen LogP contribution in [0.25, 0.3) is 0 Å². The number of hydrogen-bond acceptors (Lipinski definition) is 3. The SMILES string of the molecule is CCNC(=NCc1ccc(N2CCCC2)nc1)NCc1ccc(C)cc1.I. The molecule has 0 radical (unpaired) electrons. The molecule has 2 heterocycles. The third-order valence-electron chi connectivity index (χ3n) is 4.58. The van der Waals surface area contributed by atoms with Crippen molar-refractivity contribution in [3.63, 3.8) is 0 Å². The van der Waals surface area contributed by atoms with E-state index in [9.17, 15) is 0 Å². The molecular formula is C21H30IN5. The number of rotatable bonds is 6. The molecule has 1 aromatic heterocycles. The Morgan fingerprint density at radius 2 is 1.74 bits per heavy atom. The standard InChI is InChI=1S/C21H29N5.HI/c1-3-22-21(24-14-18-8-6-17(2)7-9-18)25-16-19-10-11-20(23-15-19)26-12-4-5-13-26;/h6-11,15H,3-5,12-14,16H2,1-2H3,(H2,22,24,25);1H. The number of nitrogens with one attached hydrogen (secondary N) is 2. The van der Waals surface area contributed by atoms with E-state index in [1.54, 1.807) is 0 Å². The summed E-state index contributed by atoms with van der Waals surface area (Å²) in [7, 11) is 0. The first-order valence-corrected chi connectivity index (χ1v) is 9.52. The second-order valence-corrected chi connectivity index (χ2v) is 6.75. The summed E-state index contributed by atoms with van der Waals surface area (Å²) in [6.07, 6.45) is 4.49. The molecule has 146 valence electrons. The second-order valence-electron chi connectivity index (χ2n) is 6.75. The molecule has 3 rings (SSSR count). The van der Waals surface area contributed by atoms with Crippen LogP contribution in [0.2, 0.25) is 0 Å². The van der Waals surface area contributed by atoms with E-state index in [-0.39, 0.29) is 24.0 Å². The van der Waals surface area contributed by atoms with Crippen LogP contribution in [0.3, 0.4) is 0 Å². The summed E-state index contributed by atoms with van der Waals surface area (Å²) >= 11 is 0. The van der Waals surface area contributed by atoms with Crippen LogP contribution in [0, 0.1) is 6.92 Å². The Bertz CT molecular complexity index is 706. The second kappa shape index (κ2) is 11.1. The van der Waals surface area contributed by atoms with Crippen LogP contribution in [-0.4, -0.2) is 30.6 Å². The van der Waals surface area contributed by atoms with Crippen LogP contribution in [0.5, 0.6) is 0 Å². The molecule has 0 amide bonds. The van der Waals surface area contributed by atoms with Gasteiger partial charge in [0, 0.05) is 32.4 Å². The molecule has 0 atom stereocenters. The first-order chi connectivity index (χ1) is 12.7. The van der Waals surface area contributed by atoms with Crippen molar-refractivity contribution in [2.24, 2.45) is 4.99 Å². The van der Waals surface area contributed by atoms with Gasteiger partial charge in [0.2, 0.25) is 0 Å². The lowest BCUT2D eigenvalue weighted by Gasteiger charge is -2.16. The van der Waals surface area contributed by atoms with Gasteiger partial charge in [0.1, 0.15) is 5.82 Å². The van der Waals surface area contributed by atoms with Crippen molar-refractivity contribution in [1.82, 2.24) is 15.6 Å². The van der Waals surface area contributed by atoms with Crippen molar-refractivity contribution < 1.29 is 0 Å². The van der Waals surface area contributed by atoms with Gasteiger partial charge in [0.15, 0.2) is 5.96 Å². The normalized spacial score (nSPS) is 14.0. The first-order valence-electron chi connectivity index (χ1n) is 9.52. The van der Waals surface area contributed by atoms with Crippen molar-refractivity contribution in [2.45, 2.75) is 39.8 Å². The molecule has 1 saturated heterocycles. The molecule has 0 bridgehead atoms. The van der Waals surface area contributed by atoms with E-state index in [1.165, 1.54) is 24.0 Å². The maximum absolute atomic E-state index is 4.68. The fourth-order valence-corrected chi connectivity index (χ4v) is 3.05. The van der Waals surface area contributed by atoms with Gasteiger partial charge >= 0.3 is 0 Å². The average molecular weight is 479 g/mol. The van der Waals surface area contributed by atoms with Crippen LogP contribution in [-0.2, 0) is 13.1 Å². The third kappa shape index (κ3) is 6.68. The Balaban J connectivity index is 0.00000261. The quantitative estimate of drug-likeness (QED) is 0.376. The molecule has 6 heteroatoms. The van der Waals surface area contributed by atoms with Gasteiger partial charge in [-0.05, 0) is 43.9 Å². The molecule has 0 unspecified atom stereocenters. The topological polar surface area (TPSA) is 52.6 Å². The van der Waals surface area contributed by atoms with E-state index in [4.69, 9.17) is 0 Å². The van der Waals surface area contributed by atoms with Gasteiger partial charge in [0.25, 0.3) is 0 Å². The highest BCUT2D eigenvalue weighted by Crippen LogP contribution is 2.17. The number of aromatic nitrogens is 1. The Hall–Kier alpha value is -1.83. The third-order valence-corrected chi connectivity index (χ3v) is 4.58. The van der Waals surface area contributed by atoms with Gasteiger partial charge < -0.3 is 15.5 Å². The lowest BCUT2D eigenvalue weighted by atomic mass is 10.1. The van der Waals surface area contributed by atoms with Crippen molar-refractivity contribution in [3.8, 4) is 0 Å². The lowest BCUT2D eigenvalue weighted by molar-refractivity contribution is 0.815. The number of pyridine rings is 1. The predicted octanol–water partition coefficient (Wildman–Crippen LogP) is 3.86. The Morgan fingerprint density at radius 1 is 1.04 bits per heavy atom. The molecule has 1 aliphatic rings. The average Bonchev–Trinajstić information content (AvgIpc) is 3.20. The minimum Gasteiger partial charge on any atom is -0.357 e. The molecule has 1 aliphatic heterocycles. The summed E-state index contributed by atoms with van der Waals surface area (Å²) in [5, 5.41) is 6.69. The number of aliphatic imine (C=N–C) groups is 1. The molecule has 0 saturated carbocycles. The van der Waals surface area contributed by atoms with E-state index in [2.05, 4.69) is 75.8 Å². The Kier molecular flexibility index (Phi) is 8.84. The van der Waals surface area contributed by atoms with Crippen LogP contribution in [0.15, 0.2) is 47.6 Å². The fraction of sp³-hybridized carbons (Fsp3) is 0.429. The summed E-state index contributed by atoms with van der Waals surface area (Å²) in [6.45, 7) is 8.65. The fourth-order valence-electron chi connectivity index (χ4n) is 3.05. The monoisotopic (exact) mass is 479 g/mol. The highest BCUT2D eigenvalue weighted by atomic mass is 127. The molecule has 27 heavy (non-hydrogen) atoms. The number of hydrogen-bond donors (Lipinski definition) is 2. The highest BCUT2D eigenvalue weighted by molar-refractivity contribution is 14.0. The number of benzene rings is 1. The summed E-state index contributed by atoms with van der Waals surface area (Å²) in [5.41, 5.74) is 3.65. The van der Waals surface area contributed by atoms with Crippen LogP contribution in [0.1, 0.15) is 36.5 Å². The van der Waals surface area contributed by atoms with Crippen molar-refractivity contribution in [1.29, 1.82) is 0 Å². The van der Waals surface area contributed by atoms with E-state index in [1.807, 2.05) is 6.20 Å². The van der Waals surface area contributed by atoms with Crippen molar-refractivity contribution >= 4 is 35.8 Å². The number of guanidine groups is 1. The van der Waals surface area contributed by atoms with Crippen molar-refractivity contribution in [3.05, 3.63) is 59.3 Å². The van der Waals surface area contributed by atoms with Gasteiger partial charge in [-0.15, -0.1) is 24.0 Å². The summed E-state index contributed by atoms with van der Waals surface area (Å²) in [4.78, 5) is 11.6. The number of anilines is 1. The summed E-state index contributed by atoms with van der Waals surface area (Å²) in [5.74, 6) is 1.91. The van der Waals surface area contributed by atoms with Gasteiger partial charge in [0.05, 0.1) is 6.54 Å². The number of halogens is 1. The zero-order valence-corrected chi connectivity index (χ0v) is 18.6. The zero-order chi connectivity index (χ0) is 18.2. The molecule has 2 aromatic rings. The van der Waals surface area contributed by atoms with E-state index in [0.29, 0.717) is 6.54 Å². The van der Waals surface area contributed by atoms with Crippen molar-refractivity contribution in [2.75, 3.05) is 24.5 Å². The highest BCUT2D eigenvalue weighted by Gasteiger charge is 2.12. The lowest BCUT2D eigenvalue weighted by Crippen LogP contribution is -2.36. The summed E-state index contributed by atoms with van der Waals surface area (Å²) < 4.78 is 0. The molecule has 5 nitrogen and oxygen atoms in total. The first kappa shape index (κ1) is 21.5. The van der Waals surface area contributed by atoms with E-state index in [0.717, 1.165) is 43.5 Å². The molecule has 1 aromatic carbocycles. The van der Waals surface area contributed by atoms with Crippen LogP contribution < -0.4 is 15.5 Å². The molecule has 2 N–H and O–H groups in total. The van der Waals surface area contributed by atoms with E-state index < -0.39 is 0 Å². The van der Waals surface area contributed by atoms with Gasteiger partial charge in [-0.3, -0.25) is 0 Å².